The number of hydrogen-bond acceptors (Lipinski definition) is 1. The number of benzene rings is 2. The second kappa shape index (κ2) is 5.79. The van der Waals surface area contributed by atoms with Crippen molar-refractivity contribution in [2.24, 2.45) is 0 Å². The molecule has 0 atom stereocenters. The Morgan fingerprint density at radius 1 is 0.944 bits per heavy atom. The molecule has 0 saturated carbocycles. The second-order valence-corrected chi connectivity index (χ2v) is 4.98. The normalized spacial score (nSPS) is 10.4. The average molecular weight is 305 g/mol. The van der Waals surface area contributed by atoms with Gasteiger partial charge >= 0.3 is 0 Å². The smallest absolute Gasteiger partial charge is 0.142 e. The SMILES string of the molecule is Fc1cc(CNc2ccc(Cl)cc2Cl)ccc1Cl. The van der Waals surface area contributed by atoms with E-state index < -0.39 is 5.82 Å². The van der Waals surface area contributed by atoms with Gasteiger partial charge in [0.2, 0.25) is 0 Å². The number of hydrogen-bond donors (Lipinski definition) is 1. The van der Waals surface area contributed by atoms with Crippen LogP contribution < -0.4 is 5.32 Å². The Labute approximate surface area is 119 Å². The lowest BCUT2D eigenvalue weighted by molar-refractivity contribution is 0.626. The molecule has 0 radical (unpaired) electrons. The largest absolute Gasteiger partial charge is 0.380 e. The lowest BCUT2D eigenvalue weighted by Crippen LogP contribution is -2.00. The van der Waals surface area contributed by atoms with Crippen LogP contribution in [0.25, 0.3) is 0 Å². The van der Waals surface area contributed by atoms with Gasteiger partial charge in [0, 0.05) is 11.6 Å². The van der Waals surface area contributed by atoms with E-state index in [0.717, 1.165) is 11.3 Å². The maximum atomic E-state index is 13.2. The summed E-state index contributed by atoms with van der Waals surface area (Å²) in [5.74, 6) is -0.432. The van der Waals surface area contributed by atoms with Gasteiger partial charge in [-0.05, 0) is 35.9 Å². The molecule has 0 spiro atoms. The Bertz CT molecular complexity index is 572. The predicted octanol–water partition coefficient (Wildman–Crippen LogP) is 5.40. The van der Waals surface area contributed by atoms with Gasteiger partial charge in [-0.3, -0.25) is 0 Å². The van der Waals surface area contributed by atoms with Crippen LogP contribution in [0.2, 0.25) is 15.1 Å². The van der Waals surface area contributed by atoms with Gasteiger partial charge in [0.15, 0.2) is 0 Å². The van der Waals surface area contributed by atoms with Gasteiger partial charge in [0.25, 0.3) is 0 Å². The summed E-state index contributed by atoms with van der Waals surface area (Å²) in [6.07, 6.45) is 0. The first-order valence-electron chi connectivity index (χ1n) is 5.19. The van der Waals surface area contributed by atoms with Gasteiger partial charge in [0.05, 0.1) is 15.7 Å². The minimum absolute atomic E-state index is 0.114. The minimum atomic E-state index is -0.432. The maximum Gasteiger partial charge on any atom is 0.142 e. The lowest BCUT2D eigenvalue weighted by atomic mass is 10.2. The van der Waals surface area contributed by atoms with Crippen molar-refractivity contribution in [3.8, 4) is 0 Å². The van der Waals surface area contributed by atoms with Crippen LogP contribution in [-0.2, 0) is 6.54 Å². The molecule has 0 amide bonds. The summed E-state index contributed by atoms with van der Waals surface area (Å²) in [5.41, 5.74) is 1.53. The van der Waals surface area contributed by atoms with Crippen molar-refractivity contribution in [3.05, 3.63) is 62.8 Å². The van der Waals surface area contributed by atoms with Gasteiger partial charge in [-0.2, -0.15) is 0 Å². The Kier molecular flexibility index (Phi) is 4.33. The predicted molar refractivity (Wildman–Crippen MR) is 75.2 cm³/mol. The highest BCUT2D eigenvalue weighted by atomic mass is 35.5. The van der Waals surface area contributed by atoms with E-state index in [4.69, 9.17) is 34.8 Å². The van der Waals surface area contributed by atoms with Crippen LogP contribution in [0.3, 0.4) is 0 Å². The van der Waals surface area contributed by atoms with Crippen LogP contribution in [0.5, 0.6) is 0 Å². The summed E-state index contributed by atoms with van der Waals surface area (Å²) in [4.78, 5) is 0. The minimum Gasteiger partial charge on any atom is -0.380 e. The zero-order valence-electron chi connectivity index (χ0n) is 9.18. The van der Waals surface area contributed by atoms with E-state index in [1.807, 2.05) is 0 Å². The first-order chi connectivity index (χ1) is 8.56. The summed E-state index contributed by atoms with van der Waals surface area (Å²) >= 11 is 17.4. The van der Waals surface area contributed by atoms with Gasteiger partial charge in [-0.15, -0.1) is 0 Å². The van der Waals surface area contributed by atoms with Gasteiger partial charge < -0.3 is 5.32 Å². The molecule has 0 aliphatic heterocycles. The molecule has 1 nitrogen and oxygen atoms in total. The van der Waals surface area contributed by atoms with E-state index in [2.05, 4.69) is 5.32 Å². The Morgan fingerprint density at radius 3 is 2.39 bits per heavy atom. The summed E-state index contributed by atoms with van der Waals surface area (Å²) in [6.45, 7) is 0.454. The summed E-state index contributed by atoms with van der Waals surface area (Å²) in [6, 6.07) is 9.82. The van der Waals surface area contributed by atoms with E-state index >= 15 is 0 Å². The monoisotopic (exact) mass is 303 g/mol. The van der Waals surface area contributed by atoms with Crippen molar-refractivity contribution in [1.29, 1.82) is 0 Å². The molecule has 2 aromatic rings. The molecule has 0 unspecified atom stereocenters. The van der Waals surface area contributed by atoms with Crippen LogP contribution in [0, 0.1) is 5.82 Å². The summed E-state index contributed by atoms with van der Waals surface area (Å²) < 4.78 is 13.2. The van der Waals surface area contributed by atoms with Crippen LogP contribution in [0.4, 0.5) is 10.1 Å². The fraction of sp³-hybridized carbons (Fsp3) is 0.0769. The third-order valence-corrected chi connectivity index (χ3v) is 3.25. The lowest BCUT2D eigenvalue weighted by Gasteiger charge is -2.09. The summed E-state index contributed by atoms with van der Waals surface area (Å²) in [7, 11) is 0. The van der Waals surface area contributed by atoms with Crippen molar-refractivity contribution < 1.29 is 4.39 Å². The highest BCUT2D eigenvalue weighted by Gasteiger charge is 2.03. The molecule has 0 aromatic heterocycles. The Hall–Kier alpha value is -0.960. The van der Waals surface area contributed by atoms with Crippen molar-refractivity contribution in [2.45, 2.75) is 6.54 Å². The third kappa shape index (κ3) is 3.29. The Balaban J connectivity index is 2.09. The molecule has 0 fully saturated rings. The number of nitrogens with one attached hydrogen (secondary N) is 1. The molecule has 0 aliphatic rings. The molecular formula is C13H9Cl3FN. The quantitative estimate of drug-likeness (QED) is 0.800. The van der Waals surface area contributed by atoms with Crippen molar-refractivity contribution in [1.82, 2.24) is 0 Å². The molecule has 0 aliphatic carbocycles. The highest BCUT2D eigenvalue weighted by molar-refractivity contribution is 6.36. The molecule has 2 aromatic carbocycles. The molecule has 5 heteroatoms. The van der Waals surface area contributed by atoms with Crippen molar-refractivity contribution in [3.63, 3.8) is 0 Å². The summed E-state index contributed by atoms with van der Waals surface area (Å²) in [5, 5.41) is 4.31. The maximum absolute atomic E-state index is 13.2. The van der Waals surface area contributed by atoms with Crippen molar-refractivity contribution >= 4 is 40.5 Å². The van der Waals surface area contributed by atoms with E-state index in [0.29, 0.717) is 16.6 Å². The fourth-order valence-electron chi connectivity index (χ4n) is 1.48. The standard InChI is InChI=1S/C13H9Cl3FN/c14-9-2-4-13(11(16)6-9)18-7-8-1-3-10(15)12(17)5-8/h1-6,18H,7H2. The van der Waals surface area contributed by atoms with Crippen LogP contribution in [0.15, 0.2) is 36.4 Å². The van der Waals surface area contributed by atoms with E-state index in [9.17, 15) is 4.39 Å². The van der Waals surface area contributed by atoms with E-state index in [1.54, 1.807) is 24.3 Å². The van der Waals surface area contributed by atoms with Gasteiger partial charge in [-0.25, -0.2) is 4.39 Å². The van der Waals surface area contributed by atoms with E-state index in [-0.39, 0.29) is 5.02 Å². The first kappa shape index (κ1) is 13.5. The molecule has 18 heavy (non-hydrogen) atoms. The second-order valence-electron chi connectivity index (χ2n) is 3.73. The van der Waals surface area contributed by atoms with Gasteiger partial charge in [0.1, 0.15) is 5.82 Å². The number of halogens is 4. The molecule has 0 heterocycles. The molecule has 0 bridgehead atoms. The highest BCUT2D eigenvalue weighted by Crippen LogP contribution is 2.26. The molecule has 94 valence electrons. The van der Waals surface area contributed by atoms with E-state index in [1.165, 1.54) is 12.1 Å². The first-order valence-corrected chi connectivity index (χ1v) is 6.32. The van der Waals surface area contributed by atoms with Gasteiger partial charge in [-0.1, -0.05) is 40.9 Å². The fourth-order valence-corrected chi connectivity index (χ4v) is 2.07. The molecule has 0 saturated heterocycles. The molecule has 2 rings (SSSR count). The van der Waals surface area contributed by atoms with Crippen molar-refractivity contribution in [2.75, 3.05) is 5.32 Å². The average Bonchev–Trinajstić information content (AvgIpc) is 2.32. The Morgan fingerprint density at radius 2 is 1.72 bits per heavy atom. The molecular weight excluding hydrogens is 296 g/mol. The van der Waals surface area contributed by atoms with Crippen LogP contribution in [-0.4, -0.2) is 0 Å². The molecule has 1 N–H and O–H groups in total. The zero-order chi connectivity index (χ0) is 13.1. The van der Waals surface area contributed by atoms with Crippen LogP contribution >= 0.6 is 34.8 Å². The number of rotatable bonds is 3. The number of anilines is 1. The topological polar surface area (TPSA) is 12.0 Å². The zero-order valence-corrected chi connectivity index (χ0v) is 11.5. The third-order valence-electron chi connectivity index (χ3n) is 2.40. The van der Waals surface area contributed by atoms with Crippen LogP contribution in [0.1, 0.15) is 5.56 Å².